The van der Waals surface area contributed by atoms with Gasteiger partial charge in [0, 0.05) is 27.5 Å². The average molecular weight is 609 g/mol. The molecule has 2 aromatic heterocycles. The van der Waals surface area contributed by atoms with Crippen molar-refractivity contribution in [2.75, 3.05) is 0 Å². The Morgan fingerprint density at radius 2 is 1.65 bits per heavy atom. The van der Waals surface area contributed by atoms with Gasteiger partial charge in [-0.3, -0.25) is 0 Å². The van der Waals surface area contributed by atoms with Crippen LogP contribution in [0.15, 0.2) is 87.0 Å². The highest BCUT2D eigenvalue weighted by molar-refractivity contribution is 7.99. The summed E-state index contributed by atoms with van der Waals surface area (Å²) in [5, 5.41) is 14.5. The second-order valence-corrected chi connectivity index (χ2v) is 12.9. The van der Waals surface area contributed by atoms with Gasteiger partial charge in [-0.2, -0.15) is 13.5 Å². The van der Waals surface area contributed by atoms with Crippen LogP contribution in [0.2, 0.25) is 5.02 Å². The predicted molar refractivity (Wildman–Crippen MR) is 162 cm³/mol. The lowest BCUT2D eigenvalue weighted by Crippen LogP contribution is -2.26. The van der Waals surface area contributed by atoms with Crippen molar-refractivity contribution in [3.63, 3.8) is 0 Å². The van der Waals surface area contributed by atoms with Crippen molar-refractivity contribution < 1.29 is 8.42 Å². The van der Waals surface area contributed by atoms with Gasteiger partial charge in [0.15, 0.2) is 0 Å². The Labute approximate surface area is 246 Å². The van der Waals surface area contributed by atoms with Crippen molar-refractivity contribution >= 4 is 50.7 Å². The van der Waals surface area contributed by atoms with Crippen LogP contribution in [0.3, 0.4) is 0 Å². The van der Waals surface area contributed by atoms with Gasteiger partial charge < -0.3 is 5.73 Å². The van der Waals surface area contributed by atoms with E-state index in [2.05, 4.69) is 19.7 Å². The standard InChI is InChI=1S/C28H25ClN6O2S3/c1-17-18(2)33-35(19(17)3)28(30)34-40(36,37)25-14-22(27-32-31-26(39-27)21-12-8-5-9-13-21)23(29)15-24(25)38-16-20-10-6-4-7-11-20/h4-15H,16H2,1-3H3,(H2,30,34). The maximum atomic E-state index is 13.8. The number of benzene rings is 3. The van der Waals surface area contributed by atoms with Crippen molar-refractivity contribution in [3.05, 3.63) is 100 Å². The summed E-state index contributed by atoms with van der Waals surface area (Å²) < 4.78 is 32.9. The van der Waals surface area contributed by atoms with Crippen LogP contribution in [0.4, 0.5) is 0 Å². The second kappa shape index (κ2) is 11.5. The number of nitrogens with zero attached hydrogens (tertiary/aromatic N) is 5. The molecule has 0 atom stereocenters. The number of sulfonamides is 1. The number of hydrogen-bond acceptors (Lipinski definition) is 7. The monoisotopic (exact) mass is 608 g/mol. The Balaban J connectivity index is 1.60. The molecule has 0 unspecified atom stereocenters. The molecule has 0 aliphatic heterocycles. The second-order valence-electron chi connectivity index (χ2n) is 8.96. The highest BCUT2D eigenvalue weighted by atomic mass is 35.5. The summed E-state index contributed by atoms with van der Waals surface area (Å²) in [7, 11) is -4.28. The molecule has 2 N–H and O–H groups in total. The van der Waals surface area contributed by atoms with Crippen LogP contribution in [0.25, 0.3) is 21.1 Å². The summed E-state index contributed by atoms with van der Waals surface area (Å²) in [5.74, 6) is 0.290. The molecule has 0 saturated heterocycles. The van der Waals surface area contributed by atoms with E-state index in [1.807, 2.05) is 81.4 Å². The highest BCUT2D eigenvalue weighted by Crippen LogP contribution is 2.40. The summed E-state index contributed by atoms with van der Waals surface area (Å²) in [6, 6.07) is 22.5. The Bertz CT molecular complexity index is 1820. The first-order valence-electron chi connectivity index (χ1n) is 12.2. The van der Waals surface area contributed by atoms with E-state index >= 15 is 0 Å². The van der Waals surface area contributed by atoms with E-state index in [0.29, 0.717) is 36.9 Å². The zero-order valence-corrected chi connectivity index (χ0v) is 25.1. The summed E-state index contributed by atoms with van der Waals surface area (Å²) in [5.41, 5.74) is 10.9. The molecule has 5 rings (SSSR count). The summed E-state index contributed by atoms with van der Waals surface area (Å²) >= 11 is 9.40. The van der Waals surface area contributed by atoms with Crippen molar-refractivity contribution in [2.45, 2.75) is 36.3 Å². The fourth-order valence-electron chi connectivity index (χ4n) is 3.93. The van der Waals surface area contributed by atoms with Crippen LogP contribution in [0, 0.1) is 20.8 Å². The molecule has 0 spiro atoms. The molecule has 0 saturated carbocycles. The van der Waals surface area contributed by atoms with Gasteiger partial charge in [-0.05, 0) is 44.0 Å². The largest absolute Gasteiger partial charge is 0.367 e. The molecule has 204 valence electrons. The Kier molecular flexibility index (Phi) is 8.09. The first-order chi connectivity index (χ1) is 19.1. The summed E-state index contributed by atoms with van der Waals surface area (Å²) in [6.07, 6.45) is 0. The fraction of sp³-hybridized carbons (Fsp3) is 0.143. The number of aromatic nitrogens is 4. The van der Waals surface area contributed by atoms with Crippen LogP contribution in [-0.4, -0.2) is 34.4 Å². The Hall–Kier alpha value is -3.51. The number of aryl methyl sites for hydroxylation is 1. The van der Waals surface area contributed by atoms with Gasteiger partial charge in [-0.1, -0.05) is 83.6 Å². The van der Waals surface area contributed by atoms with Crippen molar-refractivity contribution in [3.8, 4) is 21.1 Å². The van der Waals surface area contributed by atoms with Gasteiger partial charge in [0.25, 0.3) is 10.0 Å². The Morgan fingerprint density at radius 1 is 1.00 bits per heavy atom. The van der Waals surface area contributed by atoms with Gasteiger partial charge in [-0.25, -0.2) is 4.68 Å². The molecule has 40 heavy (non-hydrogen) atoms. The van der Waals surface area contributed by atoms with Crippen molar-refractivity contribution in [1.82, 2.24) is 20.0 Å². The molecule has 0 fully saturated rings. The highest BCUT2D eigenvalue weighted by Gasteiger charge is 2.25. The van der Waals surface area contributed by atoms with E-state index < -0.39 is 10.0 Å². The minimum absolute atomic E-state index is 0.0227. The van der Waals surface area contributed by atoms with Crippen LogP contribution < -0.4 is 5.73 Å². The number of nitrogens with two attached hydrogens (primary N) is 1. The molecule has 5 aromatic rings. The maximum Gasteiger partial charge on any atom is 0.286 e. The number of rotatable bonds is 7. The molecular formula is C28H25ClN6O2S3. The molecule has 0 aliphatic rings. The van der Waals surface area contributed by atoms with Crippen LogP contribution in [0.5, 0.6) is 0 Å². The first-order valence-corrected chi connectivity index (χ1v) is 15.8. The minimum atomic E-state index is -4.28. The normalized spacial score (nSPS) is 12.2. The van der Waals surface area contributed by atoms with Gasteiger partial charge in [0.1, 0.15) is 14.9 Å². The van der Waals surface area contributed by atoms with E-state index in [0.717, 1.165) is 22.4 Å². The molecule has 0 amide bonds. The van der Waals surface area contributed by atoms with E-state index in [-0.39, 0.29) is 10.9 Å². The molecule has 12 heteroatoms. The van der Waals surface area contributed by atoms with Crippen molar-refractivity contribution in [1.29, 1.82) is 0 Å². The lowest BCUT2D eigenvalue weighted by atomic mass is 10.2. The lowest BCUT2D eigenvalue weighted by Gasteiger charge is -2.12. The molecule has 0 aliphatic carbocycles. The predicted octanol–water partition coefficient (Wildman–Crippen LogP) is 6.49. The zero-order chi connectivity index (χ0) is 28.4. The lowest BCUT2D eigenvalue weighted by molar-refractivity contribution is 0.595. The van der Waals surface area contributed by atoms with Gasteiger partial charge >= 0.3 is 0 Å². The van der Waals surface area contributed by atoms with Gasteiger partial charge in [0.2, 0.25) is 5.96 Å². The van der Waals surface area contributed by atoms with Gasteiger partial charge in [-0.15, -0.1) is 26.4 Å². The topological polar surface area (TPSA) is 116 Å². The van der Waals surface area contributed by atoms with Crippen LogP contribution >= 0.6 is 34.7 Å². The fourth-order valence-corrected chi connectivity index (χ4v) is 7.60. The molecular weight excluding hydrogens is 584 g/mol. The maximum absolute atomic E-state index is 13.8. The molecule has 8 nitrogen and oxygen atoms in total. The third-order valence-electron chi connectivity index (χ3n) is 6.31. The first kappa shape index (κ1) is 28.0. The van der Waals surface area contributed by atoms with E-state index in [9.17, 15) is 8.42 Å². The van der Waals surface area contributed by atoms with Crippen LogP contribution in [-0.2, 0) is 15.8 Å². The molecule has 3 aromatic carbocycles. The molecule has 0 bridgehead atoms. The van der Waals surface area contributed by atoms with E-state index in [4.69, 9.17) is 17.3 Å². The minimum Gasteiger partial charge on any atom is -0.367 e. The van der Waals surface area contributed by atoms with Gasteiger partial charge in [0.05, 0.1) is 10.7 Å². The average Bonchev–Trinajstić information content (AvgIpc) is 3.53. The molecule has 2 heterocycles. The van der Waals surface area contributed by atoms with E-state index in [1.54, 1.807) is 6.07 Å². The third-order valence-corrected chi connectivity index (χ3v) is 10.2. The Morgan fingerprint density at radius 3 is 2.30 bits per heavy atom. The zero-order valence-electron chi connectivity index (χ0n) is 21.9. The summed E-state index contributed by atoms with van der Waals surface area (Å²) in [4.78, 5) is 0.428. The molecule has 0 radical (unpaired) electrons. The number of halogens is 1. The number of thioether (sulfide) groups is 1. The quantitative estimate of drug-likeness (QED) is 0.127. The summed E-state index contributed by atoms with van der Waals surface area (Å²) in [6.45, 7) is 5.54. The van der Waals surface area contributed by atoms with Crippen molar-refractivity contribution in [2.24, 2.45) is 10.1 Å². The third kappa shape index (κ3) is 5.83. The van der Waals surface area contributed by atoms with E-state index in [1.165, 1.54) is 33.8 Å². The number of hydrogen-bond donors (Lipinski definition) is 1. The smallest absolute Gasteiger partial charge is 0.286 e. The SMILES string of the molecule is Cc1nn(/C(N)=N/S(=O)(=O)c2cc(-c3nnc(-c4ccccc4)s3)c(Cl)cc2SCc2ccccc2)c(C)c1C. The van der Waals surface area contributed by atoms with Crippen LogP contribution in [0.1, 0.15) is 22.5 Å².